The van der Waals surface area contributed by atoms with Crippen LogP contribution in [0.1, 0.15) is 30.2 Å². The van der Waals surface area contributed by atoms with Crippen molar-refractivity contribution in [2.24, 2.45) is 4.99 Å². The van der Waals surface area contributed by atoms with E-state index < -0.39 is 0 Å². The van der Waals surface area contributed by atoms with Crippen molar-refractivity contribution >= 4 is 23.0 Å². The number of quaternary nitrogens is 1. The standard InChI is InChI=1S/C22H31N3O3S/c1-4-28-21(26)15-19-16-29-22(23-20-8-5-7-17(2)18(20)3)25(19)10-6-9-24-11-13-27-14-12-24/h5,7-8,16H,4,6,9-15H2,1-3H3/p+1. The van der Waals surface area contributed by atoms with Gasteiger partial charge >= 0.3 is 5.97 Å². The van der Waals surface area contributed by atoms with Gasteiger partial charge in [0.25, 0.3) is 0 Å². The molecule has 1 aliphatic heterocycles. The lowest BCUT2D eigenvalue weighted by molar-refractivity contribution is -0.908. The molecule has 29 heavy (non-hydrogen) atoms. The molecule has 0 saturated carbocycles. The third kappa shape index (κ3) is 6.01. The summed E-state index contributed by atoms with van der Waals surface area (Å²) in [6.45, 7) is 12.3. The van der Waals surface area contributed by atoms with E-state index in [1.54, 1.807) is 16.2 Å². The molecule has 3 rings (SSSR count). The topological polar surface area (TPSA) is 57.3 Å². The van der Waals surface area contributed by atoms with Crippen LogP contribution in [0.3, 0.4) is 0 Å². The molecule has 0 amide bonds. The van der Waals surface area contributed by atoms with Crippen molar-refractivity contribution in [3.63, 3.8) is 0 Å². The highest BCUT2D eigenvalue weighted by molar-refractivity contribution is 7.07. The van der Waals surface area contributed by atoms with Gasteiger partial charge in [-0.15, -0.1) is 11.3 Å². The van der Waals surface area contributed by atoms with Crippen LogP contribution >= 0.6 is 11.3 Å². The summed E-state index contributed by atoms with van der Waals surface area (Å²) in [5, 5.41) is 2.04. The highest BCUT2D eigenvalue weighted by Crippen LogP contribution is 2.21. The number of esters is 1. The molecule has 0 radical (unpaired) electrons. The second-order valence-corrected chi connectivity index (χ2v) is 8.28. The molecule has 0 spiro atoms. The highest BCUT2D eigenvalue weighted by atomic mass is 32.1. The SMILES string of the molecule is CCOC(=O)Cc1csc(=Nc2cccc(C)c2C)n1CCC[NH+]1CCOCC1. The van der Waals surface area contributed by atoms with Crippen LogP contribution in [-0.2, 0) is 27.2 Å². The maximum Gasteiger partial charge on any atom is 0.311 e. The molecule has 1 fully saturated rings. The fourth-order valence-corrected chi connectivity index (χ4v) is 4.49. The van der Waals surface area contributed by atoms with Crippen LogP contribution in [0.2, 0.25) is 0 Å². The fourth-order valence-electron chi connectivity index (χ4n) is 3.55. The zero-order chi connectivity index (χ0) is 20.6. The fraction of sp³-hybridized carbons (Fsp3) is 0.545. The first-order valence-electron chi connectivity index (χ1n) is 10.4. The van der Waals surface area contributed by atoms with Crippen LogP contribution in [0, 0.1) is 13.8 Å². The van der Waals surface area contributed by atoms with E-state index >= 15 is 0 Å². The quantitative estimate of drug-likeness (QED) is 0.666. The number of ether oxygens (including phenoxy) is 2. The summed E-state index contributed by atoms with van der Waals surface area (Å²) < 4.78 is 12.8. The molecule has 1 aromatic heterocycles. The maximum absolute atomic E-state index is 12.1. The number of aromatic nitrogens is 1. The number of carbonyl (C=O) groups excluding carboxylic acids is 1. The maximum atomic E-state index is 12.1. The van der Waals surface area contributed by atoms with Gasteiger partial charge in [-0.3, -0.25) is 4.79 Å². The van der Waals surface area contributed by atoms with E-state index in [1.807, 2.05) is 18.4 Å². The number of hydrogen-bond acceptors (Lipinski definition) is 5. The average molecular weight is 419 g/mol. The minimum atomic E-state index is -0.184. The lowest BCUT2D eigenvalue weighted by Crippen LogP contribution is -3.14. The van der Waals surface area contributed by atoms with Crippen molar-refractivity contribution < 1.29 is 19.2 Å². The number of aryl methyl sites for hydroxylation is 1. The predicted molar refractivity (Wildman–Crippen MR) is 115 cm³/mol. The van der Waals surface area contributed by atoms with E-state index in [0.29, 0.717) is 6.61 Å². The smallest absolute Gasteiger partial charge is 0.311 e. The molecule has 0 unspecified atom stereocenters. The number of thiazole rings is 1. The first kappa shape index (κ1) is 21.7. The molecule has 1 saturated heterocycles. The molecule has 0 atom stereocenters. The Morgan fingerprint density at radius 3 is 2.86 bits per heavy atom. The molecule has 1 aliphatic rings. The first-order chi connectivity index (χ1) is 14.1. The van der Waals surface area contributed by atoms with Crippen molar-refractivity contribution in [2.75, 3.05) is 39.5 Å². The van der Waals surface area contributed by atoms with Crippen LogP contribution in [0.4, 0.5) is 5.69 Å². The van der Waals surface area contributed by atoms with E-state index in [2.05, 4.69) is 30.5 Å². The Kier molecular flexibility index (Phi) is 8.03. The number of benzene rings is 1. The molecule has 158 valence electrons. The Labute approximate surface area is 176 Å². The number of hydrogen-bond donors (Lipinski definition) is 1. The van der Waals surface area contributed by atoms with Crippen molar-refractivity contribution in [1.82, 2.24) is 4.57 Å². The summed E-state index contributed by atoms with van der Waals surface area (Å²) in [7, 11) is 0. The lowest BCUT2D eigenvalue weighted by atomic mass is 10.1. The van der Waals surface area contributed by atoms with Crippen molar-refractivity contribution in [3.05, 3.63) is 45.2 Å². The monoisotopic (exact) mass is 418 g/mol. The van der Waals surface area contributed by atoms with Gasteiger partial charge in [0.2, 0.25) is 0 Å². The zero-order valence-corrected chi connectivity index (χ0v) is 18.5. The summed E-state index contributed by atoms with van der Waals surface area (Å²) >= 11 is 1.59. The Morgan fingerprint density at radius 1 is 1.31 bits per heavy atom. The van der Waals surface area contributed by atoms with Crippen molar-refractivity contribution in [1.29, 1.82) is 0 Å². The average Bonchev–Trinajstić information content (AvgIpc) is 3.08. The van der Waals surface area contributed by atoms with Gasteiger partial charge in [-0.25, -0.2) is 4.99 Å². The second kappa shape index (κ2) is 10.7. The molecular weight excluding hydrogens is 386 g/mol. The van der Waals surface area contributed by atoms with E-state index in [9.17, 15) is 4.79 Å². The van der Waals surface area contributed by atoms with Gasteiger partial charge in [0.15, 0.2) is 4.80 Å². The molecule has 2 aromatic rings. The molecule has 1 N–H and O–H groups in total. The largest absolute Gasteiger partial charge is 0.466 e. The van der Waals surface area contributed by atoms with Crippen LogP contribution in [0.15, 0.2) is 28.6 Å². The van der Waals surface area contributed by atoms with E-state index in [0.717, 1.165) is 62.0 Å². The van der Waals surface area contributed by atoms with Gasteiger partial charge in [0.05, 0.1) is 38.5 Å². The van der Waals surface area contributed by atoms with Gasteiger partial charge in [-0.1, -0.05) is 12.1 Å². The van der Waals surface area contributed by atoms with Gasteiger partial charge in [-0.05, 0) is 38.0 Å². The molecule has 0 bridgehead atoms. The number of rotatable bonds is 8. The molecule has 6 nitrogen and oxygen atoms in total. The lowest BCUT2D eigenvalue weighted by Gasteiger charge is -2.23. The zero-order valence-electron chi connectivity index (χ0n) is 17.7. The normalized spacial score (nSPS) is 15.6. The number of nitrogens with zero attached hydrogens (tertiary/aromatic N) is 2. The van der Waals surface area contributed by atoms with Crippen molar-refractivity contribution in [3.8, 4) is 0 Å². The van der Waals surface area contributed by atoms with Crippen LogP contribution in [0.5, 0.6) is 0 Å². The van der Waals surface area contributed by atoms with E-state index in [1.165, 1.54) is 11.1 Å². The van der Waals surface area contributed by atoms with Gasteiger partial charge < -0.3 is 18.9 Å². The van der Waals surface area contributed by atoms with Gasteiger partial charge in [0.1, 0.15) is 13.1 Å². The Bertz CT molecular complexity index is 882. The van der Waals surface area contributed by atoms with E-state index in [4.69, 9.17) is 14.5 Å². The summed E-state index contributed by atoms with van der Waals surface area (Å²) in [5.74, 6) is -0.184. The number of morpholine rings is 1. The van der Waals surface area contributed by atoms with Crippen LogP contribution in [-0.4, -0.2) is 50.0 Å². The Morgan fingerprint density at radius 2 is 2.10 bits per heavy atom. The third-order valence-electron chi connectivity index (χ3n) is 5.41. The molecular formula is C22H32N3O3S+. The minimum absolute atomic E-state index is 0.184. The second-order valence-electron chi connectivity index (χ2n) is 7.44. The summed E-state index contributed by atoms with van der Waals surface area (Å²) in [4.78, 5) is 19.5. The number of nitrogens with one attached hydrogen (secondary N) is 1. The molecule has 1 aromatic carbocycles. The molecule has 7 heteroatoms. The predicted octanol–water partition coefficient (Wildman–Crippen LogP) is 1.81. The van der Waals surface area contributed by atoms with Gasteiger partial charge in [-0.2, -0.15) is 0 Å². The van der Waals surface area contributed by atoms with E-state index in [-0.39, 0.29) is 12.4 Å². The minimum Gasteiger partial charge on any atom is -0.466 e. The van der Waals surface area contributed by atoms with Crippen LogP contribution in [0.25, 0.3) is 0 Å². The Balaban J connectivity index is 1.82. The third-order valence-corrected chi connectivity index (χ3v) is 6.33. The first-order valence-corrected chi connectivity index (χ1v) is 11.3. The molecule has 0 aliphatic carbocycles. The van der Waals surface area contributed by atoms with Crippen molar-refractivity contribution in [2.45, 2.75) is 40.2 Å². The summed E-state index contributed by atoms with van der Waals surface area (Å²) in [5.41, 5.74) is 4.39. The van der Waals surface area contributed by atoms with Crippen LogP contribution < -0.4 is 9.70 Å². The summed E-state index contributed by atoms with van der Waals surface area (Å²) in [6, 6.07) is 6.20. The number of carbonyl (C=O) groups is 1. The summed E-state index contributed by atoms with van der Waals surface area (Å²) in [6.07, 6.45) is 1.33. The molecule has 2 heterocycles. The highest BCUT2D eigenvalue weighted by Gasteiger charge is 2.15. The Hall–Kier alpha value is -1.96. The van der Waals surface area contributed by atoms with Gasteiger partial charge in [0, 0.05) is 24.0 Å².